The molecule has 5 aromatic rings. The van der Waals surface area contributed by atoms with E-state index in [4.69, 9.17) is 9.47 Å². The van der Waals surface area contributed by atoms with Crippen molar-refractivity contribution in [2.24, 2.45) is 0 Å². The van der Waals surface area contributed by atoms with Crippen LogP contribution in [-0.4, -0.2) is 52.8 Å². The van der Waals surface area contributed by atoms with Gasteiger partial charge in [0, 0.05) is 34.2 Å². The predicted octanol–water partition coefficient (Wildman–Crippen LogP) is 4.65. The number of carbonyl (C=O) groups is 2. The fourth-order valence-electron chi connectivity index (χ4n) is 4.77. The monoisotopic (exact) mass is 554 g/mol. The topological polar surface area (TPSA) is 126 Å². The van der Waals surface area contributed by atoms with Gasteiger partial charge in [-0.15, -0.1) is 11.3 Å². The van der Waals surface area contributed by atoms with E-state index in [2.05, 4.69) is 20.6 Å². The molecule has 3 heterocycles. The van der Waals surface area contributed by atoms with Crippen molar-refractivity contribution < 1.29 is 24.2 Å². The van der Waals surface area contributed by atoms with Crippen molar-refractivity contribution in [3.8, 4) is 22.6 Å². The first-order valence-corrected chi connectivity index (χ1v) is 13.7. The van der Waals surface area contributed by atoms with Crippen molar-refractivity contribution in [2.75, 3.05) is 25.1 Å². The van der Waals surface area contributed by atoms with E-state index >= 15 is 0 Å². The quantitative estimate of drug-likeness (QED) is 0.221. The Hall–Kier alpha value is -4.67. The highest BCUT2D eigenvalue weighted by Gasteiger charge is 2.25. The van der Waals surface area contributed by atoms with Crippen LogP contribution in [0.5, 0.6) is 11.5 Å². The van der Waals surface area contributed by atoms with Crippen LogP contribution in [0, 0.1) is 0 Å². The molecule has 0 fully saturated rings. The Kier molecular flexibility index (Phi) is 7.17. The Morgan fingerprint density at radius 3 is 2.75 bits per heavy atom. The molecular weight excluding hydrogens is 528 g/mol. The van der Waals surface area contributed by atoms with Crippen LogP contribution < -0.4 is 20.1 Å². The largest absolute Gasteiger partial charge is 0.486 e. The third kappa shape index (κ3) is 5.27. The minimum absolute atomic E-state index is 0.235. The fraction of sp³-hybridized carbons (Fsp3) is 0.167. The summed E-state index contributed by atoms with van der Waals surface area (Å²) in [4.78, 5) is 33.7. The standard InChI is InChI=1S/C30H26N4O5S/c35-17-22(13-21-16-32-25-7-2-1-6-23(21)25)33-29(37)24-14-20(15-26-27(24)39-10-9-38-26)18-4-3-5-19(12-18)28(36)34-30-31-8-11-40-30/h1-8,11-12,14-16,22,32,35H,9-10,13,17H2,(H,33,37)(H,31,34,36). The summed E-state index contributed by atoms with van der Waals surface area (Å²) in [6.07, 6.45) is 3.97. The van der Waals surface area contributed by atoms with Crippen LogP contribution in [0.2, 0.25) is 0 Å². The van der Waals surface area contributed by atoms with Crippen LogP contribution in [0.25, 0.3) is 22.0 Å². The first-order valence-electron chi connectivity index (χ1n) is 12.8. The Labute approximate surface area is 233 Å². The number of hydrogen-bond acceptors (Lipinski definition) is 7. The normalized spacial score (nSPS) is 13.1. The second kappa shape index (κ2) is 11.2. The Balaban J connectivity index is 1.28. The van der Waals surface area contributed by atoms with Gasteiger partial charge < -0.3 is 24.9 Å². The summed E-state index contributed by atoms with van der Waals surface area (Å²) in [7, 11) is 0. The van der Waals surface area contributed by atoms with E-state index in [1.54, 1.807) is 41.9 Å². The van der Waals surface area contributed by atoms with Gasteiger partial charge in [-0.25, -0.2) is 4.98 Å². The number of aromatic amines is 1. The van der Waals surface area contributed by atoms with Crippen molar-refractivity contribution in [3.05, 3.63) is 95.1 Å². The number of H-pyrrole nitrogens is 1. The summed E-state index contributed by atoms with van der Waals surface area (Å²) >= 11 is 1.34. The van der Waals surface area contributed by atoms with Gasteiger partial charge in [0.15, 0.2) is 16.6 Å². The molecule has 1 unspecified atom stereocenters. The number of carbonyl (C=O) groups excluding carboxylic acids is 2. The molecule has 3 aromatic carbocycles. The van der Waals surface area contributed by atoms with Crippen molar-refractivity contribution in [2.45, 2.75) is 12.5 Å². The number of aliphatic hydroxyl groups is 1. The average Bonchev–Trinajstić information content (AvgIpc) is 3.66. The van der Waals surface area contributed by atoms with Crippen LogP contribution in [0.3, 0.4) is 0 Å². The van der Waals surface area contributed by atoms with Gasteiger partial charge in [-0.05, 0) is 53.4 Å². The van der Waals surface area contributed by atoms with Crippen molar-refractivity contribution in [1.29, 1.82) is 0 Å². The number of nitrogens with zero attached hydrogens (tertiary/aromatic N) is 1. The number of nitrogens with one attached hydrogen (secondary N) is 3. The minimum Gasteiger partial charge on any atom is -0.486 e. The molecular formula is C30H26N4O5S. The summed E-state index contributed by atoms with van der Waals surface area (Å²) in [5.74, 6) is 0.133. The van der Waals surface area contributed by atoms with Crippen molar-refractivity contribution in [3.63, 3.8) is 0 Å². The van der Waals surface area contributed by atoms with Gasteiger partial charge in [0.25, 0.3) is 11.8 Å². The molecule has 0 radical (unpaired) electrons. The molecule has 2 amide bonds. The summed E-state index contributed by atoms with van der Waals surface area (Å²) < 4.78 is 11.7. The zero-order valence-corrected chi connectivity index (χ0v) is 22.2. The number of rotatable bonds is 8. The van der Waals surface area contributed by atoms with E-state index in [0.29, 0.717) is 53.0 Å². The fourth-order valence-corrected chi connectivity index (χ4v) is 5.30. The average molecular weight is 555 g/mol. The second-order valence-electron chi connectivity index (χ2n) is 9.34. The molecule has 0 spiro atoms. The lowest BCUT2D eigenvalue weighted by molar-refractivity contribution is 0.0905. The number of fused-ring (bicyclic) bond motifs is 2. The second-order valence-corrected chi connectivity index (χ2v) is 10.2. The molecule has 9 nitrogen and oxygen atoms in total. The number of ether oxygens (including phenoxy) is 2. The lowest BCUT2D eigenvalue weighted by Crippen LogP contribution is -2.39. The zero-order chi connectivity index (χ0) is 27.5. The molecule has 2 aromatic heterocycles. The summed E-state index contributed by atoms with van der Waals surface area (Å²) in [5, 5.41) is 19.2. The predicted molar refractivity (Wildman–Crippen MR) is 153 cm³/mol. The Morgan fingerprint density at radius 2 is 1.90 bits per heavy atom. The molecule has 40 heavy (non-hydrogen) atoms. The molecule has 6 rings (SSSR count). The van der Waals surface area contributed by atoms with Crippen LogP contribution in [0.4, 0.5) is 5.13 Å². The van der Waals surface area contributed by atoms with Gasteiger partial charge in [-0.1, -0.05) is 30.3 Å². The smallest absolute Gasteiger partial charge is 0.257 e. The van der Waals surface area contributed by atoms with Crippen LogP contribution in [-0.2, 0) is 6.42 Å². The third-order valence-electron chi connectivity index (χ3n) is 6.69. The van der Waals surface area contributed by atoms with E-state index in [1.165, 1.54) is 11.3 Å². The van der Waals surface area contributed by atoms with E-state index in [-0.39, 0.29) is 18.4 Å². The van der Waals surface area contributed by atoms with Gasteiger partial charge in [-0.2, -0.15) is 0 Å². The number of benzene rings is 3. The van der Waals surface area contributed by atoms with Crippen LogP contribution in [0.15, 0.2) is 78.4 Å². The zero-order valence-electron chi connectivity index (χ0n) is 21.3. The molecule has 1 atom stereocenters. The van der Waals surface area contributed by atoms with Gasteiger partial charge in [0.2, 0.25) is 0 Å². The molecule has 1 aliphatic rings. The lowest BCUT2D eigenvalue weighted by Gasteiger charge is -2.23. The molecule has 0 saturated heterocycles. The van der Waals surface area contributed by atoms with Gasteiger partial charge in [0.05, 0.1) is 18.2 Å². The Bertz CT molecular complexity index is 1680. The summed E-state index contributed by atoms with van der Waals surface area (Å²) in [6, 6.07) is 18.0. The highest BCUT2D eigenvalue weighted by atomic mass is 32.1. The number of amides is 2. The van der Waals surface area contributed by atoms with E-state index in [0.717, 1.165) is 22.0 Å². The van der Waals surface area contributed by atoms with E-state index < -0.39 is 6.04 Å². The highest BCUT2D eigenvalue weighted by molar-refractivity contribution is 7.13. The summed E-state index contributed by atoms with van der Waals surface area (Å²) in [5.41, 5.74) is 4.16. The molecule has 0 aliphatic carbocycles. The third-order valence-corrected chi connectivity index (χ3v) is 7.38. The maximum atomic E-state index is 13.6. The molecule has 0 saturated carbocycles. The SMILES string of the molecule is O=C(Nc1nccs1)c1cccc(-c2cc3c(c(C(=O)NC(CO)Cc4c[nH]c5ccccc45)c2)OCCO3)c1. The number of para-hydroxylation sites is 1. The first-order chi connectivity index (χ1) is 19.6. The van der Waals surface area contributed by atoms with Gasteiger partial charge in [-0.3, -0.25) is 14.9 Å². The molecule has 1 aliphatic heterocycles. The molecule has 0 bridgehead atoms. The molecule has 4 N–H and O–H groups in total. The molecule has 10 heteroatoms. The minimum atomic E-state index is -0.520. The van der Waals surface area contributed by atoms with E-state index in [9.17, 15) is 14.7 Å². The van der Waals surface area contributed by atoms with Gasteiger partial charge in [0.1, 0.15) is 13.2 Å². The van der Waals surface area contributed by atoms with Crippen LogP contribution in [0.1, 0.15) is 26.3 Å². The Morgan fingerprint density at radius 1 is 1.02 bits per heavy atom. The van der Waals surface area contributed by atoms with Crippen molar-refractivity contribution in [1.82, 2.24) is 15.3 Å². The molecule has 202 valence electrons. The lowest BCUT2D eigenvalue weighted by atomic mass is 9.98. The maximum absolute atomic E-state index is 13.6. The van der Waals surface area contributed by atoms with Crippen LogP contribution >= 0.6 is 11.3 Å². The number of aromatic nitrogens is 2. The maximum Gasteiger partial charge on any atom is 0.257 e. The number of aliphatic hydroxyl groups excluding tert-OH is 1. The summed E-state index contributed by atoms with van der Waals surface area (Å²) in [6.45, 7) is 0.437. The van der Waals surface area contributed by atoms with E-state index in [1.807, 2.05) is 36.5 Å². The number of anilines is 1. The first kappa shape index (κ1) is 25.6. The number of thiazole rings is 1. The van der Waals surface area contributed by atoms with Crippen molar-refractivity contribution >= 4 is 39.2 Å². The van der Waals surface area contributed by atoms with Gasteiger partial charge >= 0.3 is 0 Å². The number of hydrogen-bond donors (Lipinski definition) is 4. The highest BCUT2D eigenvalue weighted by Crippen LogP contribution is 2.39.